The van der Waals surface area contributed by atoms with Gasteiger partial charge in [0, 0.05) is 0 Å². The molecule has 0 heterocycles. The summed E-state index contributed by atoms with van der Waals surface area (Å²) in [6, 6.07) is 0. The van der Waals surface area contributed by atoms with Crippen LogP contribution < -0.4 is 0 Å². The number of hydrogen-bond donors (Lipinski definition) is 1. The van der Waals surface area contributed by atoms with Crippen molar-refractivity contribution in [3.8, 4) is 0 Å². The molecule has 0 bridgehead atoms. The predicted octanol–water partition coefficient (Wildman–Crippen LogP) is 1.44. The van der Waals surface area contributed by atoms with Crippen LogP contribution in [0, 0.1) is 0 Å². The molecule has 0 aliphatic heterocycles. The fourth-order valence-electron chi connectivity index (χ4n) is 0. The van der Waals surface area contributed by atoms with E-state index in [9.17, 15) is 0 Å². The maximum absolute atomic E-state index is 3.97. The van der Waals surface area contributed by atoms with E-state index >= 15 is 0 Å². The third kappa shape index (κ3) is 69.9. The second-order valence-corrected chi connectivity index (χ2v) is 2.13. The third-order valence-electron chi connectivity index (χ3n) is 0. The lowest BCUT2D eigenvalue weighted by molar-refractivity contribution is 1.13. The molecule has 0 radical (unpaired) electrons. The van der Waals surface area contributed by atoms with Crippen molar-refractivity contribution in [3.63, 3.8) is 0 Å². The first-order valence-electron chi connectivity index (χ1n) is 1.41. The van der Waals surface area contributed by atoms with Crippen molar-refractivity contribution in [1.29, 1.82) is 0 Å². The van der Waals surface area contributed by atoms with Gasteiger partial charge in [-0.3, -0.25) is 0 Å². The van der Waals surface area contributed by atoms with E-state index < -0.39 is 0 Å². The Morgan fingerprint density at radius 3 is 1.40 bits per heavy atom. The summed E-state index contributed by atoms with van der Waals surface area (Å²) < 4.78 is 0. The molecule has 0 aliphatic carbocycles. The topological polar surface area (TPSA) is 0 Å². The zero-order valence-electron chi connectivity index (χ0n) is 3.52. The van der Waals surface area contributed by atoms with Crippen molar-refractivity contribution in [2.75, 3.05) is 0 Å². The summed E-state index contributed by atoms with van der Waals surface area (Å²) in [6.07, 6.45) is 0. The molecule has 0 spiro atoms. The molecular formula is C3H10S2. The number of thiol groups is 1. The summed E-state index contributed by atoms with van der Waals surface area (Å²) in [7, 11) is 0. The van der Waals surface area contributed by atoms with Gasteiger partial charge in [-0.15, -0.1) is 0 Å². The molecule has 0 unspecified atom stereocenters. The molecule has 0 aromatic carbocycles. The predicted molar refractivity (Wildman–Crippen MR) is 34.5 cm³/mol. The van der Waals surface area contributed by atoms with Crippen LogP contribution in [0.5, 0.6) is 0 Å². The highest BCUT2D eigenvalue weighted by Crippen LogP contribution is 1.83. The van der Waals surface area contributed by atoms with Gasteiger partial charge >= 0.3 is 0 Å². The van der Waals surface area contributed by atoms with Gasteiger partial charge in [0.1, 0.15) is 0 Å². The van der Waals surface area contributed by atoms with E-state index in [1.165, 1.54) is 0 Å². The molecule has 34 valence electrons. The summed E-state index contributed by atoms with van der Waals surface area (Å²) in [5, 5.41) is 0.528. The van der Waals surface area contributed by atoms with Crippen LogP contribution in [-0.4, -0.2) is 5.25 Å². The smallest absolute Gasteiger partial charge is 0.00399 e. The van der Waals surface area contributed by atoms with E-state index in [1.807, 2.05) is 13.8 Å². The van der Waals surface area contributed by atoms with Gasteiger partial charge in [-0.25, -0.2) is 0 Å². The van der Waals surface area contributed by atoms with Gasteiger partial charge in [0.05, 0.1) is 0 Å². The minimum absolute atomic E-state index is 0. The summed E-state index contributed by atoms with van der Waals surface area (Å²) >= 11 is 3.97. The molecule has 0 nitrogen and oxygen atoms in total. The number of hydrogen-bond acceptors (Lipinski definition) is 1. The van der Waals surface area contributed by atoms with Gasteiger partial charge in [-0.1, -0.05) is 13.8 Å². The van der Waals surface area contributed by atoms with Crippen LogP contribution in [-0.2, 0) is 0 Å². The van der Waals surface area contributed by atoms with E-state index in [4.69, 9.17) is 0 Å². The van der Waals surface area contributed by atoms with Crippen LogP contribution >= 0.6 is 26.1 Å². The van der Waals surface area contributed by atoms with Crippen molar-refractivity contribution >= 4 is 26.1 Å². The zero-order chi connectivity index (χ0) is 3.58. The molecule has 0 N–H and O–H groups in total. The van der Waals surface area contributed by atoms with E-state index in [1.54, 1.807) is 0 Å². The molecule has 0 aliphatic rings. The van der Waals surface area contributed by atoms with Crippen molar-refractivity contribution < 1.29 is 0 Å². The van der Waals surface area contributed by atoms with Crippen LogP contribution in [0.3, 0.4) is 0 Å². The molecule has 0 amide bonds. The van der Waals surface area contributed by atoms with Crippen LogP contribution in [0.2, 0.25) is 0 Å². The summed E-state index contributed by atoms with van der Waals surface area (Å²) in [5.74, 6) is 0. The highest BCUT2D eigenvalue weighted by Gasteiger charge is 1.69. The molecule has 5 heavy (non-hydrogen) atoms. The first-order chi connectivity index (χ1) is 1.73. The molecule has 0 rings (SSSR count). The summed E-state index contributed by atoms with van der Waals surface area (Å²) in [5.41, 5.74) is 0. The normalized spacial score (nSPS) is 7.20. The van der Waals surface area contributed by atoms with Crippen LogP contribution in [0.25, 0.3) is 0 Å². The Balaban J connectivity index is 0. The van der Waals surface area contributed by atoms with E-state index in [0.717, 1.165) is 0 Å². The Morgan fingerprint density at radius 1 is 1.40 bits per heavy atom. The Morgan fingerprint density at radius 2 is 1.40 bits per heavy atom. The molecule has 0 saturated carbocycles. The molecule has 0 fully saturated rings. The molecule has 0 saturated heterocycles. The maximum Gasteiger partial charge on any atom is -0.00399 e. The lowest BCUT2D eigenvalue weighted by atomic mass is 10.6. The Kier molecular flexibility index (Phi) is 8.65. The second kappa shape index (κ2) is 4.70. The van der Waals surface area contributed by atoms with E-state index in [-0.39, 0.29) is 13.5 Å². The van der Waals surface area contributed by atoms with Crippen molar-refractivity contribution in [1.82, 2.24) is 0 Å². The maximum atomic E-state index is 3.97. The van der Waals surface area contributed by atoms with Crippen molar-refractivity contribution in [3.05, 3.63) is 0 Å². The lowest BCUT2D eigenvalue weighted by Gasteiger charge is -1.78. The molecule has 2 heteroatoms. The quantitative estimate of drug-likeness (QED) is 0.448. The monoisotopic (exact) mass is 110 g/mol. The Labute approximate surface area is 45.8 Å². The van der Waals surface area contributed by atoms with Gasteiger partial charge in [0.15, 0.2) is 0 Å². The van der Waals surface area contributed by atoms with Gasteiger partial charge in [0.25, 0.3) is 0 Å². The van der Waals surface area contributed by atoms with E-state index in [0.29, 0.717) is 5.25 Å². The van der Waals surface area contributed by atoms with Gasteiger partial charge < -0.3 is 0 Å². The molecular weight excluding hydrogens is 100 g/mol. The van der Waals surface area contributed by atoms with Crippen molar-refractivity contribution in [2.45, 2.75) is 19.1 Å². The molecule has 0 atom stereocenters. The van der Waals surface area contributed by atoms with E-state index in [2.05, 4.69) is 12.6 Å². The fraction of sp³-hybridized carbons (Fsp3) is 1.00. The van der Waals surface area contributed by atoms with Gasteiger partial charge in [0.2, 0.25) is 0 Å². The summed E-state index contributed by atoms with van der Waals surface area (Å²) in [6.45, 7) is 4.06. The van der Waals surface area contributed by atoms with Gasteiger partial charge in [-0.05, 0) is 5.25 Å². The molecule has 0 aromatic rings. The zero-order valence-corrected chi connectivity index (χ0v) is 5.42. The Bertz CT molecular complexity index is 9.61. The highest BCUT2D eigenvalue weighted by molar-refractivity contribution is 7.80. The van der Waals surface area contributed by atoms with Gasteiger partial charge in [-0.2, -0.15) is 26.1 Å². The Hall–Kier alpha value is 0.700. The fourth-order valence-corrected chi connectivity index (χ4v) is 0. The minimum atomic E-state index is 0. The molecule has 0 aromatic heterocycles. The van der Waals surface area contributed by atoms with Crippen molar-refractivity contribution in [2.24, 2.45) is 0 Å². The highest BCUT2D eigenvalue weighted by atomic mass is 32.1. The van der Waals surface area contributed by atoms with Crippen LogP contribution in [0.15, 0.2) is 0 Å². The summed E-state index contributed by atoms with van der Waals surface area (Å²) in [4.78, 5) is 0. The average molecular weight is 110 g/mol. The van der Waals surface area contributed by atoms with Crippen LogP contribution in [0.4, 0.5) is 0 Å². The SMILES string of the molecule is CC(C)S.S. The minimum Gasteiger partial charge on any atom is -0.197 e. The lowest BCUT2D eigenvalue weighted by Crippen LogP contribution is -1.71. The second-order valence-electron chi connectivity index (χ2n) is 1.09. The third-order valence-corrected chi connectivity index (χ3v) is 0. The van der Waals surface area contributed by atoms with Crippen LogP contribution in [0.1, 0.15) is 13.8 Å². The number of rotatable bonds is 0. The largest absolute Gasteiger partial charge is 0.197 e. The first-order valence-corrected chi connectivity index (χ1v) is 1.93. The average Bonchev–Trinajstić information content (AvgIpc) is 0.811. The first kappa shape index (κ1) is 9.20. The standard InChI is InChI=1S/C3H8S.H2S/c1-3(2)4;/h3-4H,1-2H3;1H2.